The van der Waals surface area contributed by atoms with Crippen LogP contribution in [0.2, 0.25) is 0 Å². The van der Waals surface area contributed by atoms with Gasteiger partial charge in [0.15, 0.2) is 0 Å². The van der Waals surface area contributed by atoms with Gasteiger partial charge in [0.2, 0.25) is 0 Å². The highest BCUT2D eigenvalue weighted by Crippen LogP contribution is 2.39. The summed E-state index contributed by atoms with van der Waals surface area (Å²) in [6, 6.07) is 4.80. The fraction of sp³-hybridized carbons (Fsp3) is 0.412. The lowest BCUT2D eigenvalue weighted by molar-refractivity contribution is 0.179. The Morgan fingerprint density at radius 1 is 1.54 bits per heavy atom. The third kappa shape index (κ3) is 3.72. The van der Waals surface area contributed by atoms with E-state index < -0.39 is 6.09 Å². The quantitative estimate of drug-likeness (QED) is 0.810. The molecule has 1 saturated heterocycles. The molecule has 2 unspecified atom stereocenters. The van der Waals surface area contributed by atoms with Gasteiger partial charge >= 0.3 is 6.09 Å². The third-order valence-electron chi connectivity index (χ3n) is 4.09. The molecule has 1 amide bonds. The monoisotopic (exact) mass is 366 g/mol. The number of allylic oxidation sites excluding steroid dienone is 1. The van der Waals surface area contributed by atoms with Gasteiger partial charge in [-0.25, -0.2) is 9.18 Å². The smallest absolute Gasteiger partial charge is 0.414 e. The molecule has 1 fully saturated rings. The summed E-state index contributed by atoms with van der Waals surface area (Å²) in [5, 5.41) is 5.19. The summed E-state index contributed by atoms with van der Waals surface area (Å²) in [6.07, 6.45) is 3.53. The summed E-state index contributed by atoms with van der Waals surface area (Å²) in [4.78, 5) is 14.2. The summed E-state index contributed by atoms with van der Waals surface area (Å²) in [5.41, 5.74) is 1.20. The molecule has 24 heavy (non-hydrogen) atoms. The van der Waals surface area contributed by atoms with Crippen molar-refractivity contribution >= 4 is 40.7 Å². The van der Waals surface area contributed by atoms with Gasteiger partial charge in [-0.1, -0.05) is 24.4 Å². The number of halogens is 1. The highest BCUT2D eigenvalue weighted by Gasteiger charge is 2.34. The van der Waals surface area contributed by atoms with Crippen molar-refractivity contribution in [2.75, 3.05) is 18.1 Å². The number of anilines is 1. The maximum atomic E-state index is 14.6. The Morgan fingerprint density at radius 2 is 2.38 bits per heavy atom. The topological polar surface area (TPSA) is 41.6 Å². The van der Waals surface area contributed by atoms with Crippen molar-refractivity contribution in [3.63, 3.8) is 0 Å². The average Bonchev–Trinajstić information content (AvgIpc) is 2.94. The van der Waals surface area contributed by atoms with E-state index in [-0.39, 0.29) is 23.7 Å². The standard InChI is InChI=1S/C17H19FN2O2S2/c1-11(23)19-9-13-10-22-17(21)20(13)12-5-6-14(15(18)8-12)16-4-2-3-7-24-16/h3,5-8,13,16H,2,4,9-10H2,1H3,(H,19,23). The second kappa shape index (κ2) is 7.53. The Morgan fingerprint density at radius 3 is 3.04 bits per heavy atom. The fourth-order valence-electron chi connectivity index (χ4n) is 2.88. The molecule has 7 heteroatoms. The van der Waals surface area contributed by atoms with E-state index in [1.165, 1.54) is 11.0 Å². The summed E-state index contributed by atoms with van der Waals surface area (Å²) in [6.45, 7) is 2.52. The number of thiocarbonyl (C=S) groups is 1. The Balaban J connectivity index is 1.80. The highest BCUT2D eigenvalue weighted by atomic mass is 32.2. The zero-order valence-electron chi connectivity index (χ0n) is 13.3. The number of ether oxygens (including phenoxy) is 1. The van der Waals surface area contributed by atoms with Gasteiger partial charge in [0.25, 0.3) is 0 Å². The number of carbonyl (C=O) groups excluding carboxylic acids is 1. The Kier molecular flexibility index (Phi) is 5.40. The lowest BCUT2D eigenvalue weighted by atomic mass is 10.1. The van der Waals surface area contributed by atoms with Gasteiger partial charge in [0.05, 0.1) is 16.7 Å². The first kappa shape index (κ1) is 17.2. The van der Waals surface area contributed by atoms with E-state index in [4.69, 9.17) is 17.0 Å². The van der Waals surface area contributed by atoms with Crippen LogP contribution < -0.4 is 10.2 Å². The van der Waals surface area contributed by atoms with Crippen molar-refractivity contribution in [1.82, 2.24) is 5.32 Å². The van der Waals surface area contributed by atoms with Crippen molar-refractivity contribution in [3.8, 4) is 0 Å². The minimum absolute atomic E-state index is 0.129. The maximum Gasteiger partial charge on any atom is 0.414 e. The molecule has 1 aromatic carbocycles. The number of amides is 1. The van der Waals surface area contributed by atoms with Crippen molar-refractivity contribution in [1.29, 1.82) is 0 Å². The van der Waals surface area contributed by atoms with E-state index in [0.29, 0.717) is 22.8 Å². The number of hydrogen-bond acceptors (Lipinski definition) is 4. The summed E-state index contributed by atoms with van der Waals surface area (Å²) >= 11 is 6.63. The first-order valence-electron chi connectivity index (χ1n) is 7.86. The van der Waals surface area contributed by atoms with Gasteiger partial charge in [-0.3, -0.25) is 4.90 Å². The number of hydrogen-bond donors (Lipinski definition) is 1. The summed E-state index contributed by atoms with van der Waals surface area (Å²) in [5.74, 6) is -0.280. The Labute approximate surface area is 150 Å². The van der Waals surface area contributed by atoms with Crippen LogP contribution in [0.1, 0.15) is 30.6 Å². The van der Waals surface area contributed by atoms with Crippen LogP contribution >= 0.6 is 24.0 Å². The van der Waals surface area contributed by atoms with Crippen LogP contribution in [-0.4, -0.2) is 30.3 Å². The fourth-order valence-corrected chi connectivity index (χ4v) is 4.01. The number of rotatable bonds is 4. The lowest BCUT2D eigenvalue weighted by Gasteiger charge is -2.24. The highest BCUT2D eigenvalue weighted by molar-refractivity contribution is 8.02. The molecule has 2 aliphatic rings. The van der Waals surface area contributed by atoms with Crippen LogP contribution in [-0.2, 0) is 4.74 Å². The molecule has 2 aliphatic heterocycles. The average molecular weight is 366 g/mol. The van der Waals surface area contributed by atoms with Crippen molar-refractivity contribution in [3.05, 3.63) is 41.1 Å². The van der Waals surface area contributed by atoms with E-state index >= 15 is 0 Å². The second-order valence-electron chi connectivity index (χ2n) is 5.82. The largest absolute Gasteiger partial charge is 0.447 e. The molecule has 1 N–H and O–H groups in total. The van der Waals surface area contributed by atoms with Crippen LogP contribution in [0.5, 0.6) is 0 Å². The van der Waals surface area contributed by atoms with Crippen molar-refractivity contribution < 1.29 is 13.9 Å². The molecule has 128 valence electrons. The zero-order chi connectivity index (χ0) is 17.1. The lowest BCUT2D eigenvalue weighted by Crippen LogP contribution is -2.42. The van der Waals surface area contributed by atoms with Crippen molar-refractivity contribution in [2.24, 2.45) is 0 Å². The summed E-state index contributed by atoms with van der Waals surface area (Å²) in [7, 11) is 0. The predicted octanol–water partition coefficient (Wildman–Crippen LogP) is 4.17. The predicted molar refractivity (Wildman–Crippen MR) is 99.0 cm³/mol. The van der Waals surface area contributed by atoms with E-state index in [0.717, 1.165) is 12.8 Å². The number of cyclic esters (lactones) is 1. The molecule has 2 heterocycles. The van der Waals surface area contributed by atoms with Crippen LogP contribution in [0, 0.1) is 5.82 Å². The molecule has 0 saturated carbocycles. The molecule has 0 spiro atoms. The number of nitrogens with zero attached hydrogens (tertiary/aromatic N) is 1. The van der Waals surface area contributed by atoms with E-state index in [9.17, 15) is 9.18 Å². The molecule has 0 radical (unpaired) electrons. The van der Waals surface area contributed by atoms with E-state index in [1.807, 2.05) is 5.41 Å². The minimum atomic E-state index is -0.453. The van der Waals surface area contributed by atoms with Crippen LogP contribution in [0.4, 0.5) is 14.9 Å². The first-order chi connectivity index (χ1) is 11.6. The van der Waals surface area contributed by atoms with Crippen molar-refractivity contribution in [2.45, 2.75) is 31.1 Å². The van der Waals surface area contributed by atoms with Gasteiger partial charge in [-0.05, 0) is 37.3 Å². The zero-order valence-corrected chi connectivity index (χ0v) is 15.0. The molecule has 0 bridgehead atoms. The number of thioether (sulfide) groups is 1. The Bertz CT molecular complexity index is 681. The van der Waals surface area contributed by atoms with Gasteiger partial charge in [0.1, 0.15) is 12.4 Å². The van der Waals surface area contributed by atoms with Gasteiger partial charge in [-0.2, -0.15) is 0 Å². The van der Waals surface area contributed by atoms with E-state index in [1.54, 1.807) is 30.8 Å². The number of nitrogens with one attached hydrogen (secondary N) is 1. The molecule has 0 aliphatic carbocycles. The van der Waals surface area contributed by atoms with E-state index in [2.05, 4.69) is 11.4 Å². The van der Waals surface area contributed by atoms with Gasteiger partial charge in [0, 0.05) is 17.4 Å². The van der Waals surface area contributed by atoms with Crippen LogP contribution in [0.15, 0.2) is 29.7 Å². The SMILES string of the molecule is CC(=S)NCC1COC(=O)N1c1ccc(C2CCC=CS2)c(F)c1. The third-order valence-corrected chi connectivity index (χ3v) is 5.40. The molecule has 1 aromatic rings. The first-order valence-corrected chi connectivity index (χ1v) is 9.21. The normalized spacial score (nSPS) is 23.2. The molecule has 0 aromatic heterocycles. The molecule has 2 atom stereocenters. The van der Waals surface area contributed by atoms with Gasteiger partial charge < -0.3 is 10.1 Å². The minimum Gasteiger partial charge on any atom is -0.447 e. The molecular formula is C17H19FN2O2S2. The Hall–Kier alpha value is -1.60. The number of benzene rings is 1. The number of carbonyl (C=O) groups is 1. The van der Waals surface area contributed by atoms with Crippen LogP contribution in [0.25, 0.3) is 0 Å². The van der Waals surface area contributed by atoms with Crippen LogP contribution in [0.3, 0.4) is 0 Å². The second-order valence-corrected chi connectivity index (χ2v) is 7.54. The maximum absolute atomic E-state index is 14.6. The molecule has 3 rings (SSSR count). The van der Waals surface area contributed by atoms with Gasteiger partial charge in [-0.15, -0.1) is 11.8 Å². The molecular weight excluding hydrogens is 347 g/mol. The molecule has 4 nitrogen and oxygen atoms in total. The summed E-state index contributed by atoms with van der Waals surface area (Å²) < 4.78 is 19.7.